The maximum Gasteiger partial charge on any atom is 0.203 e. The van der Waals surface area contributed by atoms with E-state index in [1.165, 1.54) is 11.1 Å². The van der Waals surface area contributed by atoms with Crippen LogP contribution >= 0.6 is 0 Å². The van der Waals surface area contributed by atoms with Crippen LogP contribution in [-0.4, -0.2) is 52.4 Å². The quantitative estimate of drug-likeness (QED) is 0.844. The lowest BCUT2D eigenvalue weighted by molar-refractivity contribution is 0.239. The first-order valence-electron chi connectivity index (χ1n) is 9.49. The molecule has 27 heavy (non-hydrogen) atoms. The molecule has 0 aliphatic carbocycles. The number of rotatable bonds is 6. The molecule has 1 unspecified atom stereocenters. The normalized spacial score (nSPS) is 16.4. The van der Waals surface area contributed by atoms with Crippen molar-refractivity contribution in [1.82, 2.24) is 10.2 Å². The van der Waals surface area contributed by atoms with Gasteiger partial charge in [-0.3, -0.25) is 4.90 Å². The van der Waals surface area contributed by atoms with Crippen LogP contribution < -0.4 is 19.5 Å². The van der Waals surface area contributed by atoms with Gasteiger partial charge in [0.2, 0.25) is 5.75 Å². The Morgan fingerprint density at radius 3 is 2.26 bits per heavy atom. The van der Waals surface area contributed by atoms with Crippen LogP contribution in [0.2, 0.25) is 0 Å². The van der Waals surface area contributed by atoms with Gasteiger partial charge in [0.1, 0.15) is 0 Å². The fourth-order valence-electron chi connectivity index (χ4n) is 3.84. The lowest BCUT2D eigenvalue weighted by atomic mass is 9.94. The molecule has 0 spiro atoms. The third kappa shape index (κ3) is 4.37. The molecular formula is C22H30N2O3. The summed E-state index contributed by atoms with van der Waals surface area (Å²) in [6.45, 7) is 6.23. The Bertz CT molecular complexity index is 730. The van der Waals surface area contributed by atoms with Crippen LogP contribution in [0.5, 0.6) is 17.2 Å². The summed E-state index contributed by atoms with van der Waals surface area (Å²) in [7, 11) is 4.97. The van der Waals surface area contributed by atoms with E-state index in [4.69, 9.17) is 14.2 Å². The molecule has 5 nitrogen and oxygen atoms in total. The van der Waals surface area contributed by atoms with Crippen LogP contribution in [0.15, 0.2) is 36.4 Å². The van der Waals surface area contributed by atoms with E-state index in [0.29, 0.717) is 17.2 Å². The second kappa shape index (κ2) is 9.11. The lowest BCUT2D eigenvalue weighted by Crippen LogP contribution is -2.33. The van der Waals surface area contributed by atoms with Gasteiger partial charge < -0.3 is 19.5 Å². The standard InChI is InChI=1S/C22H30N2O3/c1-16-7-5-8-17(13-16)21(24-11-6-9-23-10-12-24)18-14-19(25-2)22(27-4)20(15-18)26-3/h5,7-8,13-15,21,23H,6,9-12H2,1-4H3. The van der Waals surface area contributed by atoms with Crippen molar-refractivity contribution in [2.75, 3.05) is 47.5 Å². The van der Waals surface area contributed by atoms with Gasteiger partial charge in [0, 0.05) is 19.6 Å². The van der Waals surface area contributed by atoms with Crippen LogP contribution in [0.3, 0.4) is 0 Å². The van der Waals surface area contributed by atoms with Crippen molar-refractivity contribution in [1.29, 1.82) is 0 Å². The molecule has 0 bridgehead atoms. The topological polar surface area (TPSA) is 43.0 Å². The molecule has 0 saturated carbocycles. The minimum atomic E-state index is 0.138. The molecule has 1 saturated heterocycles. The van der Waals surface area contributed by atoms with Crippen molar-refractivity contribution in [3.05, 3.63) is 53.1 Å². The molecule has 5 heteroatoms. The monoisotopic (exact) mass is 370 g/mol. The molecule has 0 radical (unpaired) electrons. The third-order valence-corrected chi connectivity index (χ3v) is 5.10. The van der Waals surface area contributed by atoms with E-state index in [0.717, 1.165) is 38.2 Å². The van der Waals surface area contributed by atoms with Gasteiger partial charge in [-0.05, 0) is 43.1 Å². The Morgan fingerprint density at radius 1 is 0.889 bits per heavy atom. The molecule has 1 heterocycles. The third-order valence-electron chi connectivity index (χ3n) is 5.10. The average Bonchev–Trinajstić information content (AvgIpc) is 2.96. The van der Waals surface area contributed by atoms with Crippen molar-refractivity contribution in [3.8, 4) is 17.2 Å². The first kappa shape index (κ1) is 19.5. The number of ether oxygens (including phenoxy) is 3. The van der Waals surface area contributed by atoms with Crippen molar-refractivity contribution in [3.63, 3.8) is 0 Å². The maximum atomic E-state index is 5.61. The smallest absolute Gasteiger partial charge is 0.203 e. The summed E-state index contributed by atoms with van der Waals surface area (Å²) in [6, 6.07) is 13.0. The fraction of sp³-hybridized carbons (Fsp3) is 0.455. The number of methoxy groups -OCH3 is 3. The van der Waals surface area contributed by atoms with Crippen molar-refractivity contribution >= 4 is 0 Å². The Kier molecular flexibility index (Phi) is 6.58. The van der Waals surface area contributed by atoms with Crippen LogP contribution in [0, 0.1) is 6.92 Å². The van der Waals surface area contributed by atoms with Crippen LogP contribution in [-0.2, 0) is 0 Å². The zero-order valence-electron chi connectivity index (χ0n) is 16.7. The molecule has 2 aromatic carbocycles. The largest absolute Gasteiger partial charge is 0.493 e. The predicted molar refractivity (Wildman–Crippen MR) is 108 cm³/mol. The first-order valence-corrected chi connectivity index (χ1v) is 9.49. The highest BCUT2D eigenvalue weighted by molar-refractivity contribution is 5.55. The van der Waals surface area contributed by atoms with Gasteiger partial charge in [0.05, 0.1) is 27.4 Å². The van der Waals surface area contributed by atoms with E-state index in [1.54, 1.807) is 21.3 Å². The Morgan fingerprint density at radius 2 is 1.63 bits per heavy atom. The molecule has 1 N–H and O–H groups in total. The number of nitrogens with one attached hydrogen (secondary N) is 1. The van der Waals surface area contributed by atoms with E-state index < -0.39 is 0 Å². The highest BCUT2D eigenvalue weighted by Gasteiger charge is 2.26. The summed E-state index contributed by atoms with van der Waals surface area (Å²) in [5, 5.41) is 3.50. The summed E-state index contributed by atoms with van der Waals surface area (Å²) in [5.74, 6) is 2.01. The minimum Gasteiger partial charge on any atom is -0.493 e. The van der Waals surface area contributed by atoms with E-state index in [-0.39, 0.29) is 6.04 Å². The van der Waals surface area contributed by atoms with Gasteiger partial charge in [-0.1, -0.05) is 29.8 Å². The predicted octanol–water partition coefficient (Wildman–Crippen LogP) is 3.41. The first-order chi connectivity index (χ1) is 13.2. The molecule has 1 atom stereocenters. The summed E-state index contributed by atoms with van der Waals surface area (Å²) in [4.78, 5) is 2.54. The zero-order chi connectivity index (χ0) is 19.2. The number of benzene rings is 2. The maximum absolute atomic E-state index is 5.61. The van der Waals surface area contributed by atoms with Gasteiger partial charge in [0.15, 0.2) is 11.5 Å². The van der Waals surface area contributed by atoms with Gasteiger partial charge in [-0.2, -0.15) is 0 Å². The number of hydrogen-bond donors (Lipinski definition) is 1. The van der Waals surface area contributed by atoms with E-state index in [2.05, 4.69) is 53.5 Å². The van der Waals surface area contributed by atoms with Gasteiger partial charge in [0.25, 0.3) is 0 Å². The second-order valence-corrected chi connectivity index (χ2v) is 6.91. The summed E-state index contributed by atoms with van der Waals surface area (Å²) in [6.07, 6.45) is 1.13. The summed E-state index contributed by atoms with van der Waals surface area (Å²) >= 11 is 0. The van der Waals surface area contributed by atoms with E-state index in [9.17, 15) is 0 Å². The molecule has 0 aromatic heterocycles. The molecule has 1 fully saturated rings. The second-order valence-electron chi connectivity index (χ2n) is 6.91. The molecule has 2 aromatic rings. The van der Waals surface area contributed by atoms with Crippen LogP contribution in [0.1, 0.15) is 29.2 Å². The molecule has 146 valence electrons. The van der Waals surface area contributed by atoms with Gasteiger partial charge in [-0.15, -0.1) is 0 Å². The fourth-order valence-corrected chi connectivity index (χ4v) is 3.84. The molecule has 1 aliphatic rings. The average molecular weight is 370 g/mol. The van der Waals surface area contributed by atoms with Crippen molar-refractivity contribution < 1.29 is 14.2 Å². The van der Waals surface area contributed by atoms with E-state index >= 15 is 0 Å². The molecule has 3 rings (SSSR count). The number of nitrogens with zero attached hydrogens (tertiary/aromatic N) is 1. The summed E-state index contributed by atoms with van der Waals surface area (Å²) in [5.41, 5.74) is 3.70. The van der Waals surface area contributed by atoms with Crippen molar-refractivity contribution in [2.45, 2.75) is 19.4 Å². The van der Waals surface area contributed by atoms with Crippen molar-refractivity contribution in [2.24, 2.45) is 0 Å². The van der Waals surface area contributed by atoms with Crippen LogP contribution in [0.25, 0.3) is 0 Å². The van der Waals surface area contributed by atoms with Gasteiger partial charge in [-0.25, -0.2) is 0 Å². The number of hydrogen-bond acceptors (Lipinski definition) is 5. The Labute approximate surface area is 162 Å². The molecule has 1 aliphatic heterocycles. The van der Waals surface area contributed by atoms with Crippen LogP contribution in [0.4, 0.5) is 0 Å². The minimum absolute atomic E-state index is 0.138. The highest BCUT2D eigenvalue weighted by atomic mass is 16.5. The SMILES string of the molecule is COc1cc(C(c2cccc(C)c2)N2CCCNCC2)cc(OC)c1OC. The summed E-state index contributed by atoms with van der Waals surface area (Å²) < 4.78 is 16.7. The lowest BCUT2D eigenvalue weighted by Gasteiger charge is -2.32. The van der Waals surface area contributed by atoms with E-state index in [1.807, 2.05) is 0 Å². The highest BCUT2D eigenvalue weighted by Crippen LogP contribution is 2.42. The van der Waals surface area contributed by atoms with Gasteiger partial charge >= 0.3 is 0 Å². The Balaban J connectivity index is 2.12. The number of aryl methyl sites for hydroxylation is 1. The Hall–Kier alpha value is -2.24. The zero-order valence-corrected chi connectivity index (χ0v) is 16.7. The molecule has 0 amide bonds. The molecular weight excluding hydrogens is 340 g/mol.